The van der Waals surface area contributed by atoms with Crippen LogP contribution in [0.5, 0.6) is 5.75 Å². The van der Waals surface area contributed by atoms with Crippen LogP contribution in [0.2, 0.25) is 5.02 Å². The molecule has 2 aromatic rings. The van der Waals surface area contributed by atoms with E-state index in [1.165, 1.54) is 18.4 Å². The first-order valence-electron chi connectivity index (χ1n) is 10.8. The number of hydrogen-bond donors (Lipinski definition) is 1. The first kappa shape index (κ1) is 25.7. The van der Waals surface area contributed by atoms with E-state index < -0.39 is 32.5 Å². The minimum atomic E-state index is -3.97. The van der Waals surface area contributed by atoms with E-state index >= 15 is 0 Å². The highest BCUT2D eigenvalue weighted by Gasteiger charge is 2.57. The van der Waals surface area contributed by atoms with Gasteiger partial charge >= 0.3 is 6.09 Å². The van der Waals surface area contributed by atoms with Crippen LogP contribution in [0.15, 0.2) is 29.5 Å². The lowest BCUT2D eigenvalue weighted by Gasteiger charge is -2.45. The zero-order valence-corrected chi connectivity index (χ0v) is 22.4. The molecule has 0 aromatic carbocycles. The number of aliphatic imine (C=N–C) groups is 1. The molecule has 1 amide bonds. The van der Waals surface area contributed by atoms with Crippen molar-refractivity contribution in [2.45, 2.75) is 43.6 Å². The molecule has 0 bridgehead atoms. The van der Waals surface area contributed by atoms with Gasteiger partial charge in [-0.2, -0.15) is 0 Å². The Balaban J connectivity index is 1.83. The highest BCUT2D eigenvalue weighted by Crippen LogP contribution is 2.50. The fourth-order valence-corrected chi connectivity index (χ4v) is 7.57. The van der Waals surface area contributed by atoms with Crippen LogP contribution in [0, 0.1) is 0 Å². The Morgan fingerprint density at radius 3 is 2.77 bits per heavy atom. The zero-order valence-electron chi connectivity index (χ0n) is 20.0. The van der Waals surface area contributed by atoms with Crippen LogP contribution >= 0.6 is 22.9 Å². The van der Waals surface area contributed by atoms with Crippen LogP contribution in [0.1, 0.15) is 32.1 Å². The molecule has 190 valence electrons. The molecule has 35 heavy (non-hydrogen) atoms. The summed E-state index contributed by atoms with van der Waals surface area (Å²) in [6.07, 6.45) is 2.73. The van der Waals surface area contributed by atoms with Crippen molar-refractivity contribution in [2.75, 3.05) is 27.4 Å². The van der Waals surface area contributed by atoms with E-state index in [0.717, 1.165) is 14.7 Å². The third kappa shape index (κ3) is 4.84. The van der Waals surface area contributed by atoms with Crippen LogP contribution in [0.25, 0.3) is 10.4 Å². The Kier molecular flexibility index (Phi) is 6.77. The summed E-state index contributed by atoms with van der Waals surface area (Å²) in [5.74, 6) is 0.450. The maximum atomic E-state index is 13.6. The second kappa shape index (κ2) is 9.23. The summed E-state index contributed by atoms with van der Waals surface area (Å²) in [5.41, 5.74) is -1.25. The van der Waals surface area contributed by atoms with Crippen molar-refractivity contribution >= 4 is 45.0 Å². The zero-order chi connectivity index (χ0) is 25.6. The molecule has 4 rings (SSSR count). The number of rotatable bonds is 3. The fourth-order valence-electron chi connectivity index (χ4n) is 4.03. The minimum Gasteiger partial charge on any atom is -0.495 e. The molecule has 2 atom stereocenters. The smallest absolute Gasteiger partial charge is 0.414 e. The predicted octanol–water partition coefficient (Wildman–Crippen LogP) is 3.61. The van der Waals surface area contributed by atoms with Crippen LogP contribution in [-0.2, 0) is 25.0 Å². The van der Waals surface area contributed by atoms with Gasteiger partial charge in [-0.1, -0.05) is 11.6 Å². The normalized spacial score (nSPS) is 23.8. The van der Waals surface area contributed by atoms with Crippen LogP contribution < -0.4 is 10.1 Å². The van der Waals surface area contributed by atoms with Crippen molar-refractivity contribution in [2.24, 2.45) is 4.99 Å². The van der Waals surface area contributed by atoms with Gasteiger partial charge in [0.15, 0.2) is 0 Å². The molecular formula is C22H27ClN4O6S2. The largest absolute Gasteiger partial charge is 0.495 e. The van der Waals surface area contributed by atoms with Crippen molar-refractivity contribution in [3.8, 4) is 16.2 Å². The Hall–Kier alpha value is -2.41. The molecule has 1 fully saturated rings. The lowest BCUT2D eigenvalue weighted by molar-refractivity contribution is 0.0518. The van der Waals surface area contributed by atoms with Gasteiger partial charge < -0.3 is 14.2 Å². The molecule has 0 radical (unpaired) electrons. The number of fused-ring (bicyclic) bond motifs is 1. The number of carbonyl (C=O) groups excluding carboxylic acids is 1. The SMILES string of the molecule is COc1cncc(-c2cc(Cl)c([C@]34CCOCC3S(=O)(=O)N(C)C(NC(=O)OC(C)(C)C)=N4)s2)c1. The summed E-state index contributed by atoms with van der Waals surface area (Å²) >= 11 is 8.05. The maximum Gasteiger partial charge on any atom is 0.414 e. The monoisotopic (exact) mass is 542 g/mol. The maximum absolute atomic E-state index is 13.6. The average Bonchev–Trinajstić information content (AvgIpc) is 3.18. The van der Waals surface area contributed by atoms with E-state index in [1.807, 2.05) is 6.07 Å². The minimum absolute atomic E-state index is 0.0554. The highest BCUT2D eigenvalue weighted by molar-refractivity contribution is 7.90. The molecule has 2 aliphatic heterocycles. The number of amides is 1. The number of nitrogens with zero attached hydrogens (tertiary/aromatic N) is 3. The second-order valence-corrected chi connectivity index (χ2v) is 12.8. The van der Waals surface area contributed by atoms with E-state index in [0.29, 0.717) is 15.6 Å². The van der Waals surface area contributed by atoms with E-state index in [9.17, 15) is 13.2 Å². The number of guanidine groups is 1. The van der Waals surface area contributed by atoms with Gasteiger partial charge in [-0.3, -0.25) is 10.3 Å². The van der Waals surface area contributed by atoms with Crippen LogP contribution in [0.4, 0.5) is 4.79 Å². The highest BCUT2D eigenvalue weighted by atomic mass is 35.5. The number of sulfonamides is 1. The third-order valence-corrected chi connectivity index (χ3v) is 9.64. The summed E-state index contributed by atoms with van der Waals surface area (Å²) in [4.78, 5) is 22.9. The Morgan fingerprint density at radius 2 is 2.09 bits per heavy atom. The number of hydrogen-bond acceptors (Lipinski definition) is 9. The van der Waals surface area contributed by atoms with Gasteiger partial charge in [0.25, 0.3) is 0 Å². The number of thiophene rings is 1. The first-order chi connectivity index (χ1) is 16.4. The van der Waals surface area contributed by atoms with Crippen molar-refractivity contribution in [3.05, 3.63) is 34.4 Å². The first-order valence-corrected chi connectivity index (χ1v) is 13.5. The van der Waals surface area contributed by atoms with E-state index in [4.69, 9.17) is 30.8 Å². The van der Waals surface area contributed by atoms with Gasteiger partial charge in [0.1, 0.15) is 22.1 Å². The summed E-state index contributed by atoms with van der Waals surface area (Å²) in [7, 11) is -1.07. The standard InChI is InChI=1S/C22H27ClN4O6S2/c1-21(2,3)33-20(28)25-19-26-22(6-7-32-12-17(22)35(29,30)27(19)4)18-15(23)9-16(34-18)13-8-14(31-5)11-24-10-13/h8-11,17H,6-7,12H2,1-5H3,(H,25,26,28)/t17?,22-/m0/s1. The number of ether oxygens (including phenoxy) is 3. The molecule has 0 spiro atoms. The third-order valence-electron chi connectivity index (χ3n) is 5.70. The quantitative estimate of drug-likeness (QED) is 0.629. The van der Waals surface area contributed by atoms with Gasteiger partial charge in [-0.05, 0) is 32.9 Å². The van der Waals surface area contributed by atoms with E-state index in [-0.39, 0.29) is 25.6 Å². The molecule has 1 unspecified atom stereocenters. The predicted molar refractivity (Wildman–Crippen MR) is 134 cm³/mol. The Labute approximate surface area is 213 Å². The van der Waals surface area contributed by atoms with Gasteiger partial charge in [0.05, 0.1) is 29.8 Å². The topological polar surface area (TPSA) is 119 Å². The number of alkyl carbamates (subject to hydrolysis) is 1. The molecule has 13 heteroatoms. The number of nitrogens with one attached hydrogen (secondary N) is 1. The summed E-state index contributed by atoms with van der Waals surface area (Å²) < 4.78 is 44.3. The molecule has 1 N–H and O–H groups in total. The summed E-state index contributed by atoms with van der Waals surface area (Å²) in [6.45, 7) is 5.37. The van der Waals surface area contributed by atoms with Crippen molar-refractivity contribution in [3.63, 3.8) is 0 Å². The van der Waals surface area contributed by atoms with Gasteiger partial charge in [0, 0.05) is 36.7 Å². The van der Waals surface area contributed by atoms with Crippen molar-refractivity contribution in [1.29, 1.82) is 0 Å². The molecule has 0 aliphatic carbocycles. The molecule has 10 nitrogen and oxygen atoms in total. The van der Waals surface area contributed by atoms with Gasteiger partial charge in [-0.25, -0.2) is 22.5 Å². The lowest BCUT2D eigenvalue weighted by Crippen LogP contribution is -2.62. The molecule has 4 heterocycles. The van der Waals surface area contributed by atoms with Crippen LogP contribution in [0.3, 0.4) is 0 Å². The lowest BCUT2D eigenvalue weighted by atomic mass is 9.88. The van der Waals surface area contributed by atoms with E-state index in [1.54, 1.807) is 46.3 Å². The number of pyridine rings is 1. The molecule has 2 aromatic heterocycles. The molecule has 1 saturated heterocycles. The van der Waals surface area contributed by atoms with Gasteiger partial charge in [-0.15, -0.1) is 11.3 Å². The second-order valence-electron chi connectivity index (χ2n) is 9.21. The number of carbonyl (C=O) groups is 1. The summed E-state index contributed by atoms with van der Waals surface area (Å²) in [5, 5.41) is 1.86. The molecular weight excluding hydrogens is 516 g/mol. The summed E-state index contributed by atoms with van der Waals surface area (Å²) in [6, 6.07) is 3.59. The van der Waals surface area contributed by atoms with Crippen LogP contribution in [-0.4, -0.2) is 68.0 Å². The molecule has 2 aliphatic rings. The molecule has 0 saturated carbocycles. The number of methoxy groups -OCH3 is 1. The number of halogens is 1. The van der Waals surface area contributed by atoms with E-state index in [2.05, 4.69) is 10.3 Å². The van der Waals surface area contributed by atoms with Crippen molar-refractivity contribution in [1.82, 2.24) is 14.6 Å². The number of aromatic nitrogens is 1. The average molecular weight is 543 g/mol. The Bertz CT molecular complexity index is 1270. The Morgan fingerprint density at radius 1 is 1.34 bits per heavy atom. The van der Waals surface area contributed by atoms with Crippen molar-refractivity contribution < 1.29 is 27.4 Å². The fraction of sp³-hybridized carbons (Fsp3) is 0.500. The van der Waals surface area contributed by atoms with Gasteiger partial charge in [0.2, 0.25) is 16.0 Å².